The zero-order chi connectivity index (χ0) is 42.2. The van der Waals surface area contributed by atoms with Gasteiger partial charge in [0, 0.05) is 40.7 Å². The normalized spacial score (nSPS) is 23.2. The van der Waals surface area contributed by atoms with Gasteiger partial charge in [0.25, 0.3) is 23.6 Å². The summed E-state index contributed by atoms with van der Waals surface area (Å²) in [5.74, 6) is -4.19. The smallest absolute Gasteiger partial charge is 0.331 e. The molecular formula is C34H39N11O10S4. The Morgan fingerprint density at radius 2 is 1.69 bits per heavy atom. The molecule has 0 bridgehead atoms. The molecule has 0 saturated carbocycles. The summed E-state index contributed by atoms with van der Waals surface area (Å²) in [5.41, 5.74) is 6.85. The molecule has 59 heavy (non-hydrogen) atoms. The van der Waals surface area contributed by atoms with Gasteiger partial charge < -0.3 is 50.5 Å². The second-order valence-corrected chi connectivity index (χ2v) is 18.0. The van der Waals surface area contributed by atoms with Crippen LogP contribution in [0.5, 0.6) is 0 Å². The van der Waals surface area contributed by atoms with Crippen molar-refractivity contribution in [1.29, 1.82) is 0 Å². The molecule has 0 aromatic carbocycles. The fourth-order valence-electron chi connectivity index (χ4n) is 7.42. The number of methoxy groups -OCH3 is 1. The highest BCUT2D eigenvalue weighted by Crippen LogP contribution is 2.41. The number of fused-ring (bicyclic) bond motifs is 1. The maximum atomic E-state index is 13.8. The van der Waals surface area contributed by atoms with Crippen LogP contribution < -0.4 is 31.7 Å². The Bertz CT molecular complexity index is 2210. The first-order valence-electron chi connectivity index (χ1n) is 18.0. The van der Waals surface area contributed by atoms with Gasteiger partial charge >= 0.3 is 5.97 Å². The van der Waals surface area contributed by atoms with E-state index in [4.69, 9.17) is 20.1 Å². The number of carbonyl (C=O) groups excluding carboxylic acids is 6. The predicted octanol–water partition coefficient (Wildman–Crippen LogP) is -1.85. The molecule has 0 spiro atoms. The standard InChI is InChI=1S/C34H39N11O10S4/c1-45(7-5-6-8-45)10-16-12-57-30-23(29(49)44(30)24(16)31(50)51)39-26(47)21(42-55-4)18-14-59-34(37-18)43-9-15-11-56-27(40-19(15)28(43)48)22(32(52)53-2)38-25(46)20(41-54-3)17-13-58-33(35)36-17/h13-14,22-23,27,30,40H,5-12H2,1-4H3,(H4-,35,36,38,39,46,47,50,51)/b41-20+,42-21+/t22-,23+,27+,30+/m0/s1. The van der Waals surface area contributed by atoms with E-state index >= 15 is 0 Å². The Labute approximate surface area is 353 Å². The lowest BCUT2D eigenvalue weighted by molar-refractivity contribution is -0.893. The van der Waals surface area contributed by atoms with Crippen LogP contribution in [0.3, 0.4) is 0 Å². The third kappa shape index (κ3) is 8.20. The number of anilines is 2. The van der Waals surface area contributed by atoms with E-state index in [1.54, 1.807) is 0 Å². The molecule has 0 radical (unpaired) electrons. The molecule has 2 fully saturated rings. The molecule has 5 N–H and O–H groups in total. The van der Waals surface area contributed by atoms with Crippen molar-refractivity contribution in [3.05, 3.63) is 44.7 Å². The topological polar surface area (TPSA) is 272 Å². The van der Waals surface area contributed by atoms with Crippen molar-refractivity contribution in [2.24, 2.45) is 10.3 Å². The third-order valence-electron chi connectivity index (χ3n) is 10.2. The number of carboxylic acids is 1. The van der Waals surface area contributed by atoms with Crippen molar-refractivity contribution in [3.8, 4) is 0 Å². The molecule has 2 saturated heterocycles. The molecule has 7 rings (SSSR count). The highest BCUT2D eigenvalue weighted by Gasteiger charge is 2.54. The minimum absolute atomic E-state index is 0.0613. The van der Waals surface area contributed by atoms with E-state index in [0.29, 0.717) is 33.7 Å². The minimum atomic E-state index is -1.43. The maximum Gasteiger partial charge on any atom is 0.331 e. The number of oxime groups is 2. The monoisotopic (exact) mass is 889 g/mol. The summed E-state index contributed by atoms with van der Waals surface area (Å²) in [7, 11) is 5.73. The number of nitrogens with two attached hydrogens (primary N) is 1. The van der Waals surface area contributed by atoms with Crippen LogP contribution >= 0.6 is 46.2 Å². The Hall–Kier alpha value is -5.24. The molecule has 25 heteroatoms. The van der Waals surface area contributed by atoms with Crippen molar-refractivity contribution in [2.75, 3.05) is 76.7 Å². The largest absolute Gasteiger partial charge is 0.543 e. The van der Waals surface area contributed by atoms with E-state index in [-0.39, 0.29) is 51.0 Å². The van der Waals surface area contributed by atoms with Crippen molar-refractivity contribution < 1.29 is 52.8 Å². The first kappa shape index (κ1) is 41.9. The summed E-state index contributed by atoms with van der Waals surface area (Å²) in [5, 5.41) is 30.2. The molecule has 2 aromatic heterocycles. The van der Waals surface area contributed by atoms with E-state index < -0.39 is 58.4 Å². The molecule has 0 aliphatic carbocycles. The number of ether oxygens (including phenoxy) is 1. The first-order chi connectivity index (χ1) is 28.3. The quantitative estimate of drug-likeness (QED) is 0.0533. The molecule has 2 aromatic rings. The number of nitrogens with zero attached hydrogens (tertiary/aromatic N) is 7. The Kier molecular flexibility index (Phi) is 12.2. The molecule has 4 amide bonds. The van der Waals surface area contributed by atoms with Gasteiger partial charge in [0.05, 0.1) is 45.5 Å². The lowest BCUT2D eigenvalue weighted by atomic mass is 10.0. The molecular weight excluding hydrogens is 851 g/mol. The molecule has 0 unspecified atom stereocenters. The molecule has 5 aliphatic rings. The summed E-state index contributed by atoms with van der Waals surface area (Å²) in [6.45, 7) is 2.48. The number of hydrogen-bond donors (Lipinski definition) is 4. The molecule has 7 heterocycles. The van der Waals surface area contributed by atoms with Crippen LogP contribution in [0.2, 0.25) is 0 Å². The van der Waals surface area contributed by atoms with E-state index in [2.05, 4.69) is 43.3 Å². The van der Waals surface area contributed by atoms with Crippen LogP contribution in [0.4, 0.5) is 10.3 Å². The number of carbonyl (C=O) groups is 6. The number of likely N-dealkylation sites (N-methyl/N-ethyl adjacent to an activating group) is 1. The zero-order valence-corrected chi connectivity index (χ0v) is 35.3. The van der Waals surface area contributed by atoms with Crippen LogP contribution in [0.15, 0.2) is 43.6 Å². The van der Waals surface area contributed by atoms with Gasteiger partial charge in [-0.05, 0) is 5.57 Å². The van der Waals surface area contributed by atoms with E-state index in [1.807, 2.05) is 0 Å². The number of likely N-dealkylation sites (tertiary alicyclic amines) is 1. The number of esters is 1. The number of thiazole rings is 2. The number of hydrogen-bond acceptors (Lipinski definition) is 20. The number of β-lactam (4-membered cyclic amide) rings is 1. The number of nitrogens with one attached hydrogen (secondary N) is 3. The Balaban J connectivity index is 1.01. The SMILES string of the molecule is CO/N=C(/C(=O)N[C@H](C(=O)OC)[C@@H]1NC2=C(CS1)CN(c1nc(/C(=N\OC)C(=O)N[C@@H]3C(=O)N4C(C(=O)[O-])=C(C[N+]5(C)CCCC5)CS[C@H]34)cs1)C2=O)c1csc(N)n1. The first-order valence-corrected chi connectivity index (χ1v) is 21.9. The molecule has 4 atom stereocenters. The third-order valence-corrected chi connectivity index (χ3v) is 14.3. The van der Waals surface area contributed by atoms with Crippen molar-refractivity contribution in [1.82, 2.24) is 30.8 Å². The number of aromatic nitrogens is 2. The van der Waals surface area contributed by atoms with Gasteiger partial charge in [-0.2, -0.15) is 0 Å². The predicted molar refractivity (Wildman–Crippen MR) is 216 cm³/mol. The fourth-order valence-corrected chi connectivity index (χ4v) is 11.3. The van der Waals surface area contributed by atoms with Gasteiger partial charge in [0.15, 0.2) is 27.7 Å². The lowest BCUT2D eigenvalue weighted by Gasteiger charge is -2.51. The van der Waals surface area contributed by atoms with Gasteiger partial charge in [-0.15, -0.1) is 46.2 Å². The van der Waals surface area contributed by atoms with Gasteiger partial charge in [-0.25, -0.2) is 14.8 Å². The van der Waals surface area contributed by atoms with Crippen molar-refractivity contribution in [2.45, 2.75) is 35.7 Å². The second-order valence-electron chi connectivity index (χ2n) is 14.1. The highest BCUT2D eigenvalue weighted by atomic mass is 32.2. The Morgan fingerprint density at radius 3 is 2.34 bits per heavy atom. The van der Waals surface area contributed by atoms with Crippen LogP contribution in [0.25, 0.3) is 0 Å². The summed E-state index contributed by atoms with van der Waals surface area (Å²) < 4.78 is 5.67. The molecule has 314 valence electrons. The van der Waals surface area contributed by atoms with Crippen molar-refractivity contribution in [3.63, 3.8) is 0 Å². The molecule has 21 nitrogen and oxygen atoms in total. The number of amides is 4. The van der Waals surface area contributed by atoms with Crippen LogP contribution in [0.1, 0.15) is 24.2 Å². The average molecular weight is 890 g/mol. The van der Waals surface area contributed by atoms with Gasteiger partial charge in [-0.3, -0.25) is 29.0 Å². The van der Waals surface area contributed by atoms with E-state index in [1.165, 1.54) is 65.4 Å². The van der Waals surface area contributed by atoms with E-state index in [0.717, 1.165) is 48.6 Å². The summed E-state index contributed by atoms with van der Waals surface area (Å²) >= 11 is 4.77. The van der Waals surface area contributed by atoms with Crippen LogP contribution in [-0.4, -0.2) is 155 Å². The van der Waals surface area contributed by atoms with Gasteiger partial charge in [0.1, 0.15) is 54.6 Å². The van der Waals surface area contributed by atoms with Crippen LogP contribution in [-0.2, 0) is 43.2 Å². The van der Waals surface area contributed by atoms with Gasteiger partial charge in [-0.1, -0.05) is 10.3 Å². The number of carboxylic acid groups (broad SMARTS) is 1. The zero-order valence-electron chi connectivity index (χ0n) is 32.0. The Morgan fingerprint density at radius 1 is 1.02 bits per heavy atom. The van der Waals surface area contributed by atoms with Crippen LogP contribution in [0, 0.1) is 0 Å². The van der Waals surface area contributed by atoms with Gasteiger partial charge in [0.2, 0.25) is 0 Å². The maximum absolute atomic E-state index is 13.8. The molecule has 5 aliphatic heterocycles. The summed E-state index contributed by atoms with van der Waals surface area (Å²) in [6, 6.07) is -2.33. The number of rotatable bonds is 14. The highest BCUT2D eigenvalue weighted by molar-refractivity contribution is 8.00. The summed E-state index contributed by atoms with van der Waals surface area (Å²) in [4.78, 5) is 101. The average Bonchev–Trinajstić information content (AvgIpc) is 4.04. The van der Waals surface area contributed by atoms with Crippen molar-refractivity contribution >= 4 is 103 Å². The fraction of sp³-hybridized carbons (Fsp3) is 0.471. The van der Waals surface area contributed by atoms with E-state index in [9.17, 15) is 33.9 Å². The second kappa shape index (κ2) is 17.2. The lowest BCUT2D eigenvalue weighted by Crippen LogP contribution is -2.71. The number of nitrogen functional groups attached to an aromatic ring is 1. The minimum Gasteiger partial charge on any atom is -0.543 e. The number of thioether (sulfide) groups is 2. The number of quaternary nitrogens is 1. The summed E-state index contributed by atoms with van der Waals surface area (Å²) in [6.07, 6.45) is 2.10. The number of aliphatic carboxylic acids is 1.